The molecule has 0 aromatic carbocycles. The Hall–Kier alpha value is -0.710. The lowest BCUT2D eigenvalue weighted by molar-refractivity contribution is 0.107. The highest BCUT2D eigenvalue weighted by Gasteiger charge is 2.08. The molecule has 0 radical (unpaired) electrons. The molecule has 0 aliphatic rings. The second-order valence-electron chi connectivity index (χ2n) is 2.36. The molecule has 0 bridgehead atoms. The summed E-state index contributed by atoms with van der Waals surface area (Å²) >= 11 is 0. The molecule has 0 spiro atoms. The topological polar surface area (TPSA) is 48.1 Å². The lowest BCUT2D eigenvalue weighted by Crippen LogP contribution is -2.15. The molecule has 0 saturated heterocycles. The van der Waals surface area contributed by atoms with Crippen LogP contribution in [0, 0.1) is 5.82 Å². The second kappa shape index (κ2) is 5.85. The molecule has 1 aromatic heterocycles. The summed E-state index contributed by atoms with van der Waals surface area (Å²) in [6.45, 7) is 0.342. The van der Waals surface area contributed by atoms with E-state index >= 15 is 0 Å². The number of aromatic nitrogens is 1. The highest BCUT2D eigenvalue weighted by Crippen LogP contribution is 2.11. The van der Waals surface area contributed by atoms with Crippen molar-refractivity contribution in [1.29, 1.82) is 0 Å². The molecule has 2 N–H and O–H groups in total. The van der Waals surface area contributed by atoms with Crippen molar-refractivity contribution in [3.8, 4) is 0 Å². The predicted molar refractivity (Wildman–Crippen MR) is 50.2 cm³/mol. The molecule has 1 atom stereocenters. The Morgan fingerprint density at radius 1 is 1.62 bits per heavy atom. The van der Waals surface area contributed by atoms with Crippen LogP contribution >= 0.6 is 12.4 Å². The fraction of sp³-hybridized carbons (Fsp3) is 0.375. The first kappa shape index (κ1) is 12.3. The van der Waals surface area contributed by atoms with Crippen LogP contribution in [0.4, 0.5) is 4.39 Å². The van der Waals surface area contributed by atoms with Gasteiger partial charge < -0.3 is 10.5 Å². The zero-order valence-corrected chi connectivity index (χ0v) is 8.05. The van der Waals surface area contributed by atoms with Gasteiger partial charge in [-0.05, 0) is 12.1 Å². The number of ether oxygens (including phenoxy) is 1. The third kappa shape index (κ3) is 3.26. The Labute approximate surface area is 82.5 Å². The zero-order chi connectivity index (χ0) is 8.97. The van der Waals surface area contributed by atoms with Gasteiger partial charge in [0.15, 0.2) is 0 Å². The monoisotopic (exact) mass is 206 g/mol. The Kier molecular flexibility index (Phi) is 5.53. The standard InChI is InChI=1S/C8H11FN2O.ClH/c1-12-8(4-10)7-3-2-6(9)5-11-7;/h2-3,5,8H,4,10H2,1H3;1H. The van der Waals surface area contributed by atoms with Gasteiger partial charge in [0.05, 0.1) is 11.9 Å². The van der Waals surface area contributed by atoms with Crippen molar-refractivity contribution in [1.82, 2.24) is 4.98 Å². The number of nitrogens with zero attached hydrogens (tertiary/aromatic N) is 1. The number of hydrogen-bond acceptors (Lipinski definition) is 3. The van der Waals surface area contributed by atoms with Crippen LogP contribution in [-0.4, -0.2) is 18.6 Å². The maximum atomic E-state index is 12.4. The average molecular weight is 207 g/mol. The van der Waals surface area contributed by atoms with Crippen molar-refractivity contribution in [3.05, 3.63) is 29.8 Å². The second-order valence-corrected chi connectivity index (χ2v) is 2.36. The number of pyridine rings is 1. The maximum Gasteiger partial charge on any atom is 0.141 e. The molecule has 1 aromatic rings. The van der Waals surface area contributed by atoms with E-state index in [9.17, 15) is 4.39 Å². The van der Waals surface area contributed by atoms with Crippen LogP contribution in [-0.2, 0) is 4.74 Å². The third-order valence-electron chi connectivity index (χ3n) is 1.58. The Balaban J connectivity index is 0.00000144. The fourth-order valence-corrected chi connectivity index (χ4v) is 0.915. The van der Waals surface area contributed by atoms with Crippen molar-refractivity contribution in [3.63, 3.8) is 0 Å². The molecular formula is C8H12ClFN2O. The molecule has 1 rings (SSSR count). The number of methoxy groups -OCH3 is 1. The SMILES string of the molecule is COC(CN)c1ccc(F)cn1.Cl. The normalized spacial score (nSPS) is 11.9. The molecule has 0 aliphatic carbocycles. The van der Waals surface area contributed by atoms with Crippen molar-refractivity contribution in [2.75, 3.05) is 13.7 Å². The summed E-state index contributed by atoms with van der Waals surface area (Å²) in [5.74, 6) is -0.356. The molecule has 1 heterocycles. The smallest absolute Gasteiger partial charge is 0.141 e. The third-order valence-corrected chi connectivity index (χ3v) is 1.58. The minimum atomic E-state index is -0.356. The molecule has 3 nitrogen and oxygen atoms in total. The molecule has 5 heteroatoms. The van der Waals surface area contributed by atoms with Crippen LogP contribution in [0.3, 0.4) is 0 Å². The number of hydrogen-bond donors (Lipinski definition) is 1. The van der Waals surface area contributed by atoms with E-state index in [-0.39, 0.29) is 24.3 Å². The minimum absolute atomic E-state index is 0. The molecule has 1 unspecified atom stereocenters. The van der Waals surface area contributed by atoms with Crippen molar-refractivity contribution >= 4 is 12.4 Å². The first-order chi connectivity index (χ1) is 5.77. The average Bonchev–Trinajstić information content (AvgIpc) is 2.10. The van der Waals surface area contributed by atoms with Crippen LogP contribution in [0.5, 0.6) is 0 Å². The summed E-state index contributed by atoms with van der Waals surface area (Å²) in [6, 6.07) is 2.90. The fourth-order valence-electron chi connectivity index (χ4n) is 0.915. The van der Waals surface area contributed by atoms with Gasteiger partial charge in [0.25, 0.3) is 0 Å². The van der Waals surface area contributed by atoms with Gasteiger partial charge in [0.1, 0.15) is 11.9 Å². The van der Waals surface area contributed by atoms with Crippen molar-refractivity contribution in [2.45, 2.75) is 6.10 Å². The van der Waals surface area contributed by atoms with E-state index in [1.54, 1.807) is 13.2 Å². The summed E-state index contributed by atoms with van der Waals surface area (Å²) in [5.41, 5.74) is 6.05. The molecule has 0 saturated carbocycles. The molecular weight excluding hydrogens is 195 g/mol. The minimum Gasteiger partial charge on any atom is -0.374 e. The van der Waals surface area contributed by atoms with Gasteiger partial charge in [0.2, 0.25) is 0 Å². The molecule has 0 fully saturated rings. The lowest BCUT2D eigenvalue weighted by atomic mass is 10.2. The number of rotatable bonds is 3. The first-order valence-electron chi connectivity index (χ1n) is 3.62. The summed E-state index contributed by atoms with van der Waals surface area (Å²) in [4.78, 5) is 3.84. The van der Waals surface area contributed by atoms with Crippen LogP contribution < -0.4 is 5.73 Å². The summed E-state index contributed by atoms with van der Waals surface area (Å²) in [7, 11) is 1.54. The number of nitrogens with two attached hydrogens (primary N) is 1. The summed E-state index contributed by atoms with van der Waals surface area (Å²) < 4.78 is 17.4. The van der Waals surface area contributed by atoms with Gasteiger partial charge in [-0.3, -0.25) is 4.98 Å². The molecule has 0 amide bonds. The summed E-state index contributed by atoms with van der Waals surface area (Å²) in [5, 5.41) is 0. The van der Waals surface area contributed by atoms with Crippen LogP contribution in [0.2, 0.25) is 0 Å². The molecule has 0 aliphatic heterocycles. The van der Waals surface area contributed by atoms with Crippen molar-refractivity contribution in [2.24, 2.45) is 5.73 Å². The molecule has 13 heavy (non-hydrogen) atoms. The van der Waals surface area contributed by atoms with E-state index < -0.39 is 0 Å². The lowest BCUT2D eigenvalue weighted by Gasteiger charge is -2.11. The first-order valence-corrected chi connectivity index (χ1v) is 3.62. The largest absolute Gasteiger partial charge is 0.374 e. The summed E-state index contributed by atoms with van der Waals surface area (Å²) in [6.07, 6.45) is 0.905. The van der Waals surface area contributed by atoms with Gasteiger partial charge >= 0.3 is 0 Å². The van der Waals surface area contributed by atoms with E-state index in [2.05, 4.69) is 4.98 Å². The Morgan fingerprint density at radius 2 is 2.31 bits per heavy atom. The van der Waals surface area contributed by atoms with Gasteiger partial charge in [-0.15, -0.1) is 12.4 Å². The van der Waals surface area contributed by atoms with Gasteiger partial charge in [0, 0.05) is 13.7 Å². The van der Waals surface area contributed by atoms with Gasteiger partial charge in [-0.25, -0.2) is 4.39 Å². The Bertz CT molecular complexity index is 238. The molecule has 74 valence electrons. The number of halogens is 2. The van der Waals surface area contributed by atoms with Gasteiger partial charge in [-0.1, -0.05) is 0 Å². The zero-order valence-electron chi connectivity index (χ0n) is 7.24. The quantitative estimate of drug-likeness (QED) is 0.811. The van der Waals surface area contributed by atoms with Gasteiger partial charge in [-0.2, -0.15) is 0 Å². The highest BCUT2D eigenvalue weighted by atomic mass is 35.5. The maximum absolute atomic E-state index is 12.4. The Morgan fingerprint density at radius 3 is 2.69 bits per heavy atom. The van der Waals surface area contributed by atoms with Crippen LogP contribution in [0.15, 0.2) is 18.3 Å². The van der Waals surface area contributed by atoms with Crippen molar-refractivity contribution < 1.29 is 9.13 Å². The van der Waals surface area contributed by atoms with E-state index in [0.29, 0.717) is 12.2 Å². The predicted octanol–water partition coefficient (Wildman–Crippen LogP) is 1.29. The van der Waals surface area contributed by atoms with Crippen LogP contribution in [0.25, 0.3) is 0 Å². The van der Waals surface area contributed by atoms with E-state index in [1.165, 1.54) is 6.07 Å². The highest BCUT2D eigenvalue weighted by molar-refractivity contribution is 5.85. The van der Waals surface area contributed by atoms with E-state index in [0.717, 1.165) is 6.20 Å². The van der Waals surface area contributed by atoms with Crippen LogP contribution in [0.1, 0.15) is 11.8 Å². The van der Waals surface area contributed by atoms with E-state index in [1.807, 2.05) is 0 Å². The van der Waals surface area contributed by atoms with E-state index in [4.69, 9.17) is 10.5 Å².